The summed E-state index contributed by atoms with van der Waals surface area (Å²) in [5.41, 5.74) is 3.16. The van der Waals surface area contributed by atoms with Crippen LogP contribution in [0.25, 0.3) is 5.69 Å². The fourth-order valence-corrected chi connectivity index (χ4v) is 2.67. The van der Waals surface area contributed by atoms with Crippen LogP contribution in [0.15, 0.2) is 24.3 Å². The molecule has 0 saturated heterocycles. The number of hydrogen-bond donors (Lipinski definition) is 1. The van der Waals surface area contributed by atoms with Gasteiger partial charge in [0.1, 0.15) is 5.69 Å². The van der Waals surface area contributed by atoms with Crippen LogP contribution in [0.4, 0.5) is 0 Å². The van der Waals surface area contributed by atoms with Crippen LogP contribution in [0.3, 0.4) is 0 Å². The largest absolute Gasteiger partial charge is 0.309 e. The third kappa shape index (κ3) is 3.63. The molecule has 1 heterocycles. The molecule has 2 rings (SSSR count). The van der Waals surface area contributed by atoms with Crippen molar-refractivity contribution < 1.29 is 0 Å². The van der Waals surface area contributed by atoms with E-state index in [2.05, 4.69) is 36.4 Å². The Balaban J connectivity index is 2.37. The Morgan fingerprint density at radius 1 is 1.29 bits per heavy atom. The molecule has 0 spiro atoms. The molecular formula is C16H23ClN4. The fraction of sp³-hybridized carbons (Fsp3) is 0.500. The van der Waals surface area contributed by atoms with Gasteiger partial charge in [-0.15, -0.1) is 5.10 Å². The van der Waals surface area contributed by atoms with E-state index >= 15 is 0 Å². The van der Waals surface area contributed by atoms with E-state index in [0.717, 1.165) is 42.9 Å². The number of nitrogens with zero attached hydrogens (tertiary/aromatic N) is 3. The van der Waals surface area contributed by atoms with E-state index in [9.17, 15) is 0 Å². The van der Waals surface area contributed by atoms with Crippen LogP contribution < -0.4 is 5.32 Å². The highest BCUT2D eigenvalue weighted by molar-refractivity contribution is 6.30. The first-order valence-corrected chi connectivity index (χ1v) is 8.02. The van der Waals surface area contributed by atoms with Gasteiger partial charge in [-0.2, -0.15) is 0 Å². The van der Waals surface area contributed by atoms with Crippen LogP contribution in [0.5, 0.6) is 0 Å². The van der Waals surface area contributed by atoms with Gasteiger partial charge in [-0.05, 0) is 44.0 Å². The minimum absolute atomic E-state index is 0.257. The van der Waals surface area contributed by atoms with E-state index < -0.39 is 0 Å². The van der Waals surface area contributed by atoms with E-state index in [1.807, 2.05) is 28.9 Å². The number of aromatic nitrogens is 3. The Labute approximate surface area is 131 Å². The smallest absolute Gasteiger partial charge is 0.103 e. The van der Waals surface area contributed by atoms with Gasteiger partial charge in [-0.25, -0.2) is 4.68 Å². The highest BCUT2D eigenvalue weighted by Crippen LogP contribution is 2.23. The van der Waals surface area contributed by atoms with Gasteiger partial charge >= 0.3 is 0 Å². The molecule has 0 saturated carbocycles. The quantitative estimate of drug-likeness (QED) is 0.842. The van der Waals surface area contributed by atoms with Gasteiger partial charge in [0.2, 0.25) is 0 Å². The second-order valence-corrected chi connectivity index (χ2v) is 5.52. The molecule has 1 atom stereocenters. The number of halogens is 1. The number of rotatable bonds is 7. The van der Waals surface area contributed by atoms with Crippen molar-refractivity contribution in [3.05, 3.63) is 40.7 Å². The predicted octanol–water partition coefficient (Wildman–Crippen LogP) is 3.93. The fourth-order valence-electron chi connectivity index (χ4n) is 2.48. The summed E-state index contributed by atoms with van der Waals surface area (Å²) in [6, 6.07) is 7.98. The Morgan fingerprint density at radius 2 is 2.10 bits per heavy atom. The van der Waals surface area contributed by atoms with Crippen molar-refractivity contribution in [2.24, 2.45) is 0 Å². The molecule has 114 valence electrons. The van der Waals surface area contributed by atoms with Crippen molar-refractivity contribution in [3.63, 3.8) is 0 Å². The highest BCUT2D eigenvalue weighted by Gasteiger charge is 2.19. The summed E-state index contributed by atoms with van der Waals surface area (Å²) < 4.78 is 1.90. The molecule has 21 heavy (non-hydrogen) atoms. The molecule has 1 unspecified atom stereocenters. The summed E-state index contributed by atoms with van der Waals surface area (Å²) >= 11 is 6.08. The lowest BCUT2D eigenvalue weighted by Crippen LogP contribution is -2.23. The molecule has 1 aromatic carbocycles. The van der Waals surface area contributed by atoms with Crippen LogP contribution in [0.1, 0.15) is 51.0 Å². The van der Waals surface area contributed by atoms with Crippen molar-refractivity contribution in [2.45, 2.75) is 46.1 Å². The van der Waals surface area contributed by atoms with Gasteiger partial charge < -0.3 is 5.32 Å². The molecule has 0 radical (unpaired) electrons. The average molecular weight is 307 g/mol. The lowest BCUT2D eigenvalue weighted by molar-refractivity contribution is 0.503. The molecule has 2 aromatic rings. The van der Waals surface area contributed by atoms with Crippen LogP contribution >= 0.6 is 11.6 Å². The maximum atomic E-state index is 6.08. The average Bonchev–Trinajstić information content (AvgIpc) is 2.92. The maximum Gasteiger partial charge on any atom is 0.103 e. The van der Waals surface area contributed by atoms with Gasteiger partial charge in [0, 0.05) is 5.02 Å². The SMILES string of the molecule is CCCNC(CC)c1nnn(-c2cccc(Cl)c2)c1CC. The predicted molar refractivity (Wildman–Crippen MR) is 87.1 cm³/mol. The molecule has 0 aliphatic rings. The van der Waals surface area contributed by atoms with Gasteiger partial charge in [0.15, 0.2) is 0 Å². The summed E-state index contributed by atoms with van der Waals surface area (Å²) in [6.45, 7) is 7.47. The lowest BCUT2D eigenvalue weighted by atomic mass is 10.1. The Bertz CT molecular complexity index is 579. The summed E-state index contributed by atoms with van der Waals surface area (Å²) in [5.74, 6) is 0. The molecule has 0 fully saturated rings. The van der Waals surface area contributed by atoms with Crippen LogP contribution in [0, 0.1) is 0 Å². The second kappa shape index (κ2) is 7.57. The van der Waals surface area contributed by atoms with E-state index in [4.69, 9.17) is 11.6 Å². The number of nitrogens with one attached hydrogen (secondary N) is 1. The van der Waals surface area contributed by atoms with Gasteiger partial charge in [-0.3, -0.25) is 0 Å². The first-order valence-electron chi connectivity index (χ1n) is 7.65. The van der Waals surface area contributed by atoms with Gasteiger partial charge in [0.25, 0.3) is 0 Å². The summed E-state index contributed by atoms with van der Waals surface area (Å²) in [4.78, 5) is 0. The zero-order valence-corrected chi connectivity index (χ0v) is 13.7. The third-order valence-electron chi connectivity index (χ3n) is 3.56. The molecular weight excluding hydrogens is 284 g/mol. The lowest BCUT2D eigenvalue weighted by Gasteiger charge is -2.16. The Kier molecular flexibility index (Phi) is 5.76. The summed E-state index contributed by atoms with van der Waals surface area (Å²) in [6.07, 6.45) is 3.00. The van der Waals surface area contributed by atoms with E-state index in [1.165, 1.54) is 0 Å². The second-order valence-electron chi connectivity index (χ2n) is 5.08. The van der Waals surface area contributed by atoms with Crippen LogP contribution in [-0.4, -0.2) is 21.5 Å². The molecule has 5 heteroatoms. The van der Waals surface area contributed by atoms with E-state index in [-0.39, 0.29) is 6.04 Å². The molecule has 0 aliphatic carbocycles. The summed E-state index contributed by atoms with van der Waals surface area (Å²) in [5, 5.41) is 13.0. The Hall–Kier alpha value is -1.39. The molecule has 1 N–H and O–H groups in total. The van der Waals surface area contributed by atoms with Crippen molar-refractivity contribution in [1.82, 2.24) is 20.3 Å². The molecule has 4 nitrogen and oxygen atoms in total. The minimum Gasteiger partial charge on any atom is -0.309 e. The van der Waals surface area contributed by atoms with Crippen molar-refractivity contribution in [1.29, 1.82) is 0 Å². The zero-order chi connectivity index (χ0) is 15.2. The maximum absolute atomic E-state index is 6.08. The first-order chi connectivity index (χ1) is 10.2. The van der Waals surface area contributed by atoms with E-state index in [0.29, 0.717) is 5.02 Å². The highest BCUT2D eigenvalue weighted by atomic mass is 35.5. The van der Waals surface area contributed by atoms with Crippen molar-refractivity contribution in [3.8, 4) is 5.69 Å². The number of hydrogen-bond acceptors (Lipinski definition) is 3. The standard InChI is InChI=1S/C16H23ClN4/c1-4-10-18-14(5-2)16-15(6-3)21(20-19-16)13-9-7-8-12(17)11-13/h7-9,11,14,18H,4-6,10H2,1-3H3. The Morgan fingerprint density at radius 3 is 2.71 bits per heavy atom. The summed E-state index contributed by atoms with van der Waals surface area (Å²) in [7, 11) is 0. The minimum atomic E-state index is 0.257. The molecule has 0 aliphatic heterocycles. The van der Waals surface area contributed by atoms with E-state index in [1.54, 1.807) is 0 Å². The van der Waals surface area contributed by atoms with Gasteiger partial charge in [0.05, 0.1) is 17.4 Å². The van der Waals surface area contributed by atoms with Crippen molar-refractivity contribution >= 4 is 11.6 Å². The molecule has 1 aromatic heterocycles. The normalized spacial score (nSPS) is 12.6. The topological polar surface area (TPSA) is 42.7 Å². The van der Waals surface area contributed by atoms with Crippen LogP contribution in [-0.2, 0) is 6.42 Å². The third-order valence-corrected chi connectivity index (χ3v) is 3.80. The zero-order valence-electron chi connectivity index (χ0n) is 12.9. The molecule has 0 bridgehead atoms. The van der Waals surface area contributed by atoms with Crippen LogP contribution in [0.2, 0.25) is 5.02 Å². The first kappa shape index (κ1) is 16.0. The van der Waals surface area contributed by atoms with Crippen molar-refractivity contribution in [2.75, 3.05) is 6.54 Å². The molecule has 0 amide bonds. The number of benzene rings is 1. The van der Waals surface area contributed by atoms with Gasteiger partial charge in [-0.1, -0.05) is 43.7 Å². The monoisotopic (exact) mass is 306 g/mol.